The Balaban J connectivity index is 1.36. The lowest BCUT2D eigenvalue weighted by atomic mass is 9.88. The standard InChI is InChI=1S/C26H32N2O3/c29-24(28-19-14-26(30,31)15-20-28)13-18-27-16-11-23(12-17-27)25(21-7-3-1-4-8-21)22-9-5-2-6-10-22/h1-10,30-31H,11-20H2. The lowest BCUT2D eigenvalue weighted by molar-refractivity contribution is -0.190. The van der Waals surface area contributed by atoms with Gasteiger partial charge in [0.25, 0.3) is 0 Å². The fourth-order valence-electron chi connectivity index (χ4n) is 4.61. The molecule has 0 atom stereocenters. The molecule has 5 heteroatoms. The fraction of sp³-hybridized carbons (Fsp3) is 0.423. The maximum Gasteiger partial charge on any atom is 0.223 e. The number of benzene rings is 2. The third-order valence-corrected chi connectivity index (χ3v) is 6.50. The summed E-state index contributed by atoms with van der Waals surface area (Å²) in [5.74, 6) is -1.49. The van der Waals surface area contributed by atoms with Gasteiger partial charge in [0, 0.05) is 52.0 Å². The molecule has 2 aliphatic heterocycles. The van der Waals surface area contributed by atoms with Crippen molar-refractivity contribution in [3.63, 3.8) is 0 Å². The van der Waals surface area contributed by atoms with E-state index in [-0.39, 0.29) is 18.7 Å². The van der Waals surface area contributed by atoms with Crippen LogP contribution in [-0.4, -0.2) is 64.4 Å². The largest absolute Gasteiger partial charge is 0.365 e. The van der Waals surface area contributed by atoms with Crippen LogP contribution in [0.2, 0.25) is 0 Å². The molecule has 2 fully saturated rings. The zero-order valence-electron chi connectivity index (χ0n) is 18.0. The van der Waals surface area contributed by atoms with Gasteiger partial charge in [-0.2, -0.15) is 0 Å². The van der Waals surface area contributed by atoms with Crippen molar-refractivity contribution in [3.05, 3.63) is 77.4 Å². The Morgan fingerprint density at radius 1 is 0.806 bits per heavy atom. The smallest absolute Gasteiger partial charge is 0.223 e. The second-order valence-corrected chi connectivity index (χ2v) is 8.67. The first-order valence-corrected chi connectivity index (χ1v) is 11.3. The van der Waals surface area contributed by atoms with Crippen LogP contribution in [-0.2, 0) is 4.79 Å². The van der Waals surface area contributed by atoms with E-state index in [0.717, 1.165) is 32.5 Å². The first-order valence-electron chi connectivity index (χ1n) is 11.3. The number of piperidine rings is 2. The highest BCUT2D eigenvalue weighted by atomic mass is 16.5. The Morgan fingerprint density at radius 2 is 1.32 bits per heavy atom. The zero-order chi connectivity index (χ0) is 21.7. The van der Waals surface area contributed by atoms with Gasteiger partial charge in [0.2, 0.25) is 5.91 Å². The second-order valence-electron chi connectivity index (χ2n) is 8.67. The summed E-state index contributed by atoms with van der Waals surface area (Å²) >= 11 is 0. The quantitative estimate of drug-likeness (QED) is 0.729. The molecule has 0 aromatic heterocycles. The molecule has 2 aromatic carbocycles. The van der Waals surface area contributed by atoms with Crippen LogP contribution in [0.4, 0.5) is 0 Å². The summed E-state index contributed by atoms with van der Waals surface area (Å²) in [5, 5.41) is 19.3. The first-order chi connectivity index (χ1) is 15.0. The van der Waals surface area contributed by atoms with Gasteiger partial charge in [0.1, 0.15) is 0 Å². The predicted octanol–water partition coefficient (Wildman–Crippen LogP) is 3.28. The number of hydrogen-bond acceptors (Lipinski definition) is 4. The number of rotatable bonds is 5. The van der Waals surface area contributed by atoms with Crippen molar-refractivity contribution in [3.8, 4) is 0 Å². The van der Waals surface area contributed by atoms with Crippen molar-refractivity contribution in [1.29, 1.82) is 0 Å². The molecule has 31 heavy (non-hydrogen) atoms. The summed E-state index contributed by atoms with van der Waals surface area (Å²) in [5.41, 5.74) is 5.36. The summed E-state index contributed by atoms with van der Waals surface area (Å²) in [6.07, 6.45) is 2.98. The minimum Gasteiger partial charge on any atom is -0.365 e. The molecule has 0 spiro atoms. The van der Waals surface area contributed by atoms with Crippen LogP contribution in [0.5, 0.6) is 0 Å². The molecule has 2 heterocycles. The molecular formula is C26H32N2O3. The zero-order valence-corrected chi connectivity index (χ0v) is 18.0. The number of hydrogen-bond donors (Lipinski definition) is 2. The molecule has 0 unspecified atom stereocenters. The van der Waals surface area contributed by atoms with Crippen LogP contribution < -0.4 is 0 Å². The molecule has 0 aliphatic carbocycles. The molecule has 0 saturated carbocycles. The van der Waals surface area contributed by atoms with Crippen molar-refractivity contribution in [2.75, 3.05) is 32.7 Å². The van der Waals surface area contributed by atoms with Gasteiger partial charge in [-0.05, 0) is 29.5 Å². The van der Waals surface area contributed by atoms with E-state index in [1.807, 2.05) is 0 Å². The molecule has 2 aromatic rings. The molecular weight excluding hydrogens is 388 g/mol. The average molecular weight is 421 g/mol. The van der Waals surface area contributed by atoms with E-state index in [4.69, 9.17) is 0 Å². The van der Waals surface area contributed by atoms with Crippen LogP contribution >= 0.6 is 0 Å². The number of carbonyl (C=O) groups is 1. The predicted molar refractivity (Wildman–Crippen MR) is 122 cm³/mol. The first kappa shape index (κ1) is 21.8. The molecule has 164 valence electrons. The van der Waals surface area contributed by atoms with E-state index in [1.165, 1.54) is 22.3 Å². The monoisotopic (exact) mass is 420 g/mol. The summed E-state index contributed by atoms with van der Waals surface area (Å²) < 4.78 is 0. The van der Waals surface area contributed by atoms with E-state index in [9.17, 15) is 15.0 Å². The van der Waals surface area contributed by atoms with Crippen molar-refractivity contribution in [2.45, 2.75) is 37.9 Å². The molecule has 5 nitrogen and oxygen atoms in total. The van der Waals surface area contributed by atoms with Gasteiger partial charge in [-0.15, -0.1) is 0 Å². The number of nitrogens with zero attached hydrogens (tertiary/aromatic N) is 2. The van der Waals surface area contributed by atoms with E-state index in [1.54, 1.807) is 4.90 Å². The molecule has 1 amide bonds. The Hall–Kier alpha value is -2.47. The average Bonchev–Trinajstić information content (AvgIpc) is 2.80. The number of aliphatic hydroxyl groups is 2. The van der Waals surface area contributed by atoms with E-state index in [0.29, 0.717) is 19.5 Å². The third kappa shape index (κ3) is 5.62. The Labute approximate surface area is 184 Å². The van der Waals surface area contributed by atoms with Gasteiger partial charge in [0.05, 0.1) is 0 Å². The normalized spacial score (nSPS) is 19.3. The molecule has 2 aliphatic rings. The highest BCUT2D eigenvalue weighted by Crippen LogP contribution is 2.32. The number of amides is 1. The van der Waals surface area contributed by atoms with Crippen molar-refractivity contribution in [1.82, 2.24) is 9.80 Å². The molecule has 2 N–H and O–H groups in total. The van der Waals surface area contributed by atoms with Crippen LogP contribution in [0.1, 0.15) is 43.2 Å². The highest BCUT2D eigenvalue weighted by molar-refractivity contribution is 5.82. The van der Waals surface area contributed by atoms with Gasteiger partial charge in [-0.1, -0.05) is 66.2 Å². The summed E-state index contributed by atoms with van der Waals surface area (Å²) in [6, 6.07) is 21.2. The van der Waals surface area contributed by atoms with Gasteiger partial charge in [-0.25, -0.2) is 0 Å². The van der Waals surface area contributed by atoms with Gasteiger partial charge < -0.3 is 20.0 Å². The molecule has 0 radical (unpaired) electrons. The number of carbonyl (C=O) groups excluding carboxylic acids is 1. The summed E-state index contributed by atoms with van der Waals surface area (Å²) in [6.45, 7) is 3.54. The van der Waals surface area contributed by atoms with Gasteiger partial charge >= 0.3 is 0 Å². The molecule has 2 saturated heterocycles. The molecule has 0 bridgehead atoms. The minimum atomic E-state index is -1.61. The Kier molecular flexibility index (Phi) is 6.86. The fourth-order valence-corrected chi connectivity index (χ4v) is 4.61. The molecule has 4 rings (SSSR count). The maximum atomic E-state index is 12.5. The van der Waals surface area contributed by atoms with Crippen LogP contribution in [0.15, 0.2) is 66.2 Å². The second kappa shape index (κ2) is 9.77. The lowest BCUT2D eigenvalue weighted by Gasteiger charge is -2.35. The van der Waals surface area contributed by atoms with E-state index >= 15 is 0 Å². The van der Waals surface area contributed by atoms with E-state index in [2.05, 4.69) is 65.6 Å². The lowest BCUT2D eigenvalue weighted by Crippen LogP contribution is -2.47. The Morgan fingerprint density at radius 3 is 1.84 bits per heavy atom. The maximum absolute atomic E-state index is 12.5. The number of likely N-dealkylation sites (tertiary alicyclic amines) is 2. The topological polar surface area (TPSA) is 64.0 Å². The summed E-state index contributed by atoms with van der Waals surface area (Å²) in [7, 11) is 0. The highest BCUT2D eigenvalue weighted by Gasteiger charge is 2.31. The van der Waals surface area contributed by atoms with Gasteiger partial charge in [0.15, 0.2) is 5.79 Å². The van der Waals surface area contributed by atoms with Crippen molar-refractivity contribution >= 4 is 11.5 Å². The van der Waals surface area contributed by atoms with E-state index < -0.39 is 5.79 Å². The van der Waals surface area contributed by atoms with Crippen LogP contribution in [0.25, 0.3) is 5.57 Å². The SMILES string of the molecule is O=C(CCN1CCC(=C(c2ccccc2)c2ccccc2)CC1)N1CCC(O)(O)CC1. The van der Waals surface area contributed by atoms with Crippen molar-refractivity contribution in [2.24, 2.45) is 0 Å². The van der Waals surface area contributed by atoms with Gasteiger partial charge in [-0.3, -0.25) is 4.79 Å². The van der Waals surface area contributed by atoms with Crippen LogP contribution in [0.3, 0.4) is 0 Å². The Bertz CT molecular complexity index is 847. The van der Waals surface area contributed by atoms with Crippen molar-refractivity contribution < 1.29 is 15.0 Å². The third-order valence-electron chi connectivity index (χ3n) is 6.50. The van der Waals surface area contributed by atoms with Crippen LogP contribution in [0, 0.1) is 0 Å². The minimum absolute atomic E-state index is 0.117. The summed E-state index contributed by atoms with van der Waals surface area (Å²) in [4.78, 5) is 16.7.